The van der Waals surface area contributed by atoms with Gasteiger partial charge in [0.2, 0.25) is 0 Å². The molecule has 0 fully saturated rings. The molecule has 0 heterocycles. The van der Waals surface area contributed by atoms with Gasteiger partial charge in [-0.1, -0.05) is 124 Å². The van der Waals surface area contributed by atoms with Gasteiger partial charge in [0.05, 0.1) is 14.9 Å². The molecule has 0 aromatic rings. The molecule has 0 aliphatic carbocycles. The summed E-state index contributed by atoms with van der Waals surface area (Å²) in [5.74, 6) is -0.0431. The van der Waals surface area contributed by atoms with Crippen LogP contribution in [0.3, 0.4) is 0 Å². The zero-order valence-corrected chi connectivity index (χ0v) is 20.0. The van der Waals surface area contributed by atoms with Crippen molar-refractivity contribution in [2.45, 2.75) is 143 Å². The van der Waals surface area contributed by atoms with Crippen molar-refractivity contribution in [2.24, 2.45) is 5.41 Å². The van der Waals surface area contributed by atoms with E-state index in [4.69, 9.17) is 4.52 Å². The van der Waals surface area contributed by atoms with Crippen LogP contribution in [-0.4, -0.2) is 5.97 Å². The Morgan fingerprint density at radius 2 is 0.963 bits per heavy atom. The smallest absolute Gasteiger partial charge is 0.314 e. The largest absolute Gasteiger partial charge is 0.451 e. The molecule has 0 saturated carbocycles. The Hall–Kier alpha value is -0.100. The van der Waals surface area contributed by atoms with Gasteiger partial charge >= 0.3 is 5.97 Å². The fourth-order valence-electron chi connectivity index (χ4n) is 4.13. The lowest BCUT2D eigenvalue weighted by atomic mass is 9.78. The van der Waals surface area contributed by atoms with E-state index in [2.05, 4.69) is 30.2 Å². The molecule has 0 aliphatic heterocycles. The highest BCUT2D eigenvalue weighted by Gasteiger charge is 2.35. The summed E-state index contributed by atoms with van der Waals surface area (Å²) in [6, 6.07) is 0. The molecule has 0 N–H and O–H groups in total. The molecule has 27 heavy (non-hydrogen) atoms. The quantitative estimate of drug-likeness (QED) is 0.151. The molecule has 0 amide bonds. The molecule has 0 bridgehead atoms. The van der Waals surface area contributed by atoms with E-state index in [-0.39, 0.29) is 11.4 Å². The van der Waals surface area contributed by atoms with Gasteiger partial charge in [-0.25, -0.2) is 0 Å². The van der Waals surface area contributed by atoms with Gasteiger partial charge in [0.1, 0.15) is 0 Å². The van der Waals surface area contributed by atoms with Crippen LogP contribution >= 0.6 is 9.47 Å². The normalized spacial score (nSPS) is 11.7. The van der Waals surface area contributed by atoms with Crippen LogP contribution in [-0.2, 0) is 9.32 Å². The lowest BCUT2D eigenvalue weighted by Crippen LogP contribution is -2.30. The molecule has 1 atom stereocenters. The number of hydrogen-bond acceptors (Lipinski definition) is 2. The maximum atomic E-state index is 12.0. The molecule has 0 saturated heterocycles. The van der Waals surface area contributed by atoms with Gasteiger partial charge in [-0.05, 0) is 19.3 Å². The van der Waals surface area contributed by atoms with Crippen LogP contribution in [0.15, 0.2) is 0 Å². The highest BCUT2D eigenvalue weighted by molar-refractivity contribution is 7.10. The lowest BCUT2D eigenvalue weighted by Gasteiger charge is -2.28. The number of carbonyl (C=O) groups excluding carboxylic acids is 1. The van der Waals surface area contributed by atoms with E-state index >= 15 is 0 Å². The van der Waals surface area contributed by atoms with Crippen molar-refractivity contribution in [2.75, 3.05) is 0 Å². The predicted molar refractivity (Wildman–Crippen MR) is 123 cm³/mol. The fourth-order valence-corrected chi connectivity index (χ4v) is 4.38. The third-order valence-electron chi connectivity index (χ3n) is 6.40. The van der Waals surface area contributed by atoms with E-state index in [0.29, 0.717) is 0 Å². The molecule has 0 radical (unpaired) electrons. The third kappa shape index (κ3) is 13.7. The second-order valence-electron chi connectivity index (χ2n) is 8.45. The average molecular weight is 401 g/mol. The highest BCUT2D eigenvalue weighted by Crippen LogP contribution is 2.35. The average Bonchev–Trinajstić information content (AvgIpc) is 2.70. The van der Waals surface area contributed by atoms with Crippen LogP contribution in [0.25, 0.3) is 0 Å². The minimum absolute atomic E-state index is 0.0431. The summed E-state index contributed by atoms with van der Waals surface area (Å²) in [4.78, 5) is 12.0. The summed E-state index contributed by atoms with van der Waals surface area (Å²) in [6.45, 7) is 6.50. The monoisotopic (exact) mass is 400 g/mol. The van der Waals surface area contributed by atoms with Crippen molar-refractivity contribution in [3.05, 3.63) is 0 Å². The summed E-state index contributed by atoms with van der Waals surface area (Å²) >= 11 is 0. The molecule has 0 spiro atoms. The Balaban J connectivity index is 3.41. The minimum Gasteiger partial charge on any atom is -0.451 e. The van der Waals surface area contributed by atoms with Crippen LogP contribution in [0.5, 0.6) is 0 Å². The van der Waals surface area contributed by atoms with Crippen LogP contribution < -0.4 is 0 Å². The van der Waals surface area contributed by atoms with Gasteiger partial charge in [0, 0.05) is 0 Å². The van der Waals surface area contributed by atoms with Crippen molar-refractivity contribution in [3.63, 3.8) is 0 Å². The molecule has 162 valence electrons. The molecular formula is C24H49O2P. The van der Waals surface area contributed by atoms with Gasteiger partial charge in [-0.2, -0.15) is 0 Å². The number of carbonyl (C=O) groups is 1. The van der Waals surface area contributed by atoms with Crippen LogP contribution in [0.1, 0.15) is 143 Å². The molecule has 3 heteroatoms. The van der Waals surface area contributed by atoms with Gasteiger partial charge in [-0.15, -0.1) is 0 Å². The molecule has 0 aliphatic rings. The predicted octanol–water partition coefficient (Wildman–Crippen LogP) is 8.78. The summed E-state index contributed by atoms with van der Waals surface area (Å²) in [6.07, 6.45) is 24.9. The number of hydrogen-bond donors (Lipinski definition) is 0. The van der Waals surface area contributed by atoms with Gasteiger partial charge in [0.25, 0.3) is 0 Å². The first-order valence-electron chi connectivity index (χ1n) is 12.1. The van der Waals surface area contributed by atoms with Crippen molar-refractivity contribution < 1.29 is 9.32 Å². The van der Waals surface area contributed by atoms with Crippen molar-refractivity contribution in [3.8, 4) is 0 Å². The topological polar surface area (TPSA) is 26.3 Å². The Labute approximate surface area is 173 Å². The highest BCUT2D eigenvalue weighted by atomic mass is 31.0. The zero-order valence-electron chi connectivity index (χ0n) is 18.8. The Morgan fingerprint density at radius 1 is 0.630 bits per heavy atom. The first-order chi connectivity index (χ1) is 13.2. The summed E-state index contributed by atoms with van der Waals surface area (Å²) in [5, 5.41) is 0. The van der Waals surface area contributed by atoms with Crippen molar-refractivity contribution in [1.82, 2.24) is 0 Å². The standard InChI is InChI=1S/C24H49O2P/c1-4-7-8-9-10-11-12-13-14-15-16-17-18-19-20-21-22-24(5-2,6-3)23(25)26-27/h4-22,27H2,1-3H3. The maximum absolute atomic E-state index is 12.0. The molecule has 0 rings (SSSR count). The van der Waals surface area contributed by atoms with E-state index in [0.717, 1.165) is 25.7 Å². The summed E-state index contributed by atoms with van der Waals surface area (Å²) in [5.41, 5.74) is -0.252. The van der Waals surface area contributed by atoms with E-state index in [9.17, 15) is 4.79 Å². The maximum Gasteiger partial charge on any atom is 0.314 e. The van der Waals surface area contributed by atoms with Crippen LogP contribution in [0.4, 0.5) is 0 Å². The van der Waals surface area contributed by atoms with Crippen molar-refractivity contribution in [1.29, 1.82) is 0 Å². The van der Waals surface area contributed by atoms with Crippen LogP contribution in [0.2, 0.25) is 0 Å². The fraction of sp³-hybridized carbons (Fsp3) is 0.958. The van der Waals surface area contributed by atoms with E-state index in [1.165, 1.54) is 96.3 Å². The van der Waals surface area contributed by atoms with E-state index < -0.39 is 0 Å². The van der Waals surface area contributed by atoms with Gasteiger partial charge in [-0.3, -0.25) is 4.79 Å². The minimum atomic E-state index is -0.252. The van der Waals surface area contributed by atoms with E-state index in [1.54, 1.807) is 0 Å². The molecule has 0 aromatic heterocycles. The summed E-state index contributed by atoms with van der Waals surface area (Å²) in [7, 11) is 2.12. The first kappa shape index (κ1) is 26.9. The summed E-state index contributed by atoms with van der Waals surface area (Å²) < 4.78 is 4.95. The van der Waals surface area contributed by atoms with Crippen molar-refractivity contribution >= 4 is 15.4 Å². The molecule has 0 aromatic carbocycles. The second kappa shape index (κ2) is 19.2. The van der Waals surface area contributed by atoms with Crippen LogP contribution in [0, 0.1) is 5.41 Å². The number of rotatable bonds is 20. The van der Waals surface area contributed by atoms with E-state index in [1.807, 2.05) is 0 Å². The molecule has 2 nitrogen and oxygen atoms in total. The first-order valence-corrected chi connectivity index (χ1v) is 12.5. The van der Waals surface area contributed by atoms with Gasteiger partial charge < -0.3 is 4.52 Å². The Morgan fingerprint density at radius 3 is 1.26 bits per heavy atom. The second-order valence-corrected chi connectivity index (χ2v) is 8.68. The lowest BCUT2D eigenvalue weighted by molar-refractivity contribution is -0.145. The van der Waals surface area contributed by atoms with Gasteiger partial charge in [0.15, 0.2) is 0 Å². The molecular weight excluding hydrogens is 351 g/mol. The SMILES string of the molecule is CCCCCCCCCCCCCCCCCCC(CC)(CC)C(=O)OP. The Bertz CT molecular complexity index is 326. The molecule has 1 unspecified atom stereocenters. The third-order valence-corrected chi connectivity index (χ3v) is 6.62. The Kier molecular flexibility index (Phi) is 19.2. The number of unbranched alkanes of at least 4 members (excludes halogenated alkanes) is 15. The zero-order chi connectivity index (χ0) is 20.2.